The largest absolute Gasteiger partial charge is 0.377 e. The van der Waals surface area contributed by atoms with Crippen molar-refractivity contribution in [3.63, 3.8) is 0 Å². The van der Waals surface area contributed by atoms with Gasteiger partial charge in [0.25, 0.3) is 0 Å². The third-order valence-corrected chi connectivity index (χ3v) is 5.04. The molecule has 1 aromatic rings. The highest BCUT2D eigenvalue weighted by atomic mass is 32.1. The van der Waals surface area contributed by atoms with Crippen LogP contribution in [0.2, 0.25) is 0 Å². The van der Waals surface area contributed by atoms with Crippen molar-refractivity contribution in [1.29, 1.82) is 0 Å². The van der Waals surface area contributed by atoms with Crippen LogP contribution in [-0.2, 0) is 15.0 Å². The molecule has 0 radical (unpaired) electrons. The number of thiophene rings is 1. The van der Waals surface area contributed by atoms with Crippen molar-refractivity contribution in [3.8, 4) is 0 Å². The summed E-state index contributed by atoms with van der Waals surface area (Å²) in [6, 6.07) is 2.08. The Kier molecular flexibility index (Phi) is 2.93. The van der Waals surface area contributed by atoms with Crippen LogP contribution in [0.3, 0.4) is 0 Å². The molecule has 1 aliphatic rings. The molecule has 0 amide bonds. The Balaban J connectivity index is 2.74. The van der Waals surface area contributed by atoms with Gasteiger partial charge < -0.3 is 5.32 Å². The first kappa shape index (κ1) is 13.0. The monoisotopic (exact) mass is 263 g/mol. The van der Waals surface area contributed by atoms with Crippen LogP contribution in [-0.4, -0.2) is 18.1 Å². The van der Waals surface area contributed by atoms with E-state index in [0.717, 1.165) is 4.88 Å². The number of fused-ring (bicyclic) bond motifs is 1. The van der Waals surface area contributed by atoms with Crippen molar-refractivity contribution < 1.29 is 9.59 Å². The molecule has 0 saturated carbocycles. The van der Waals surface area contributed by atoms with Gasteiger partial charge >= 0.3 is 0 Å². The molecule has 1 N–H and O–H groups in total. The Hall–Kier alpha value is -1.42. The maximum absolute atomic E-state index is 11.0. The van der Waals surface area contributed by atoms with E-state index in [9.17, 15) is 9.59 Å². The number of hydrogen-bond acceptors (Lipinski definition) is 4. The van der Waals surface area contributed by atoms with Crippen LogP contribution in [0.25, 0.3) is 5.70 Å². The van der Waals surface area contributed by atoms with Gasteiger partial charge in [-0.1, -0.05) is 13.8 Å². The molecule has 0 aliphatic carbocycles. The van der Waals surface area contributed by atoms with Crippen LogP contribution in [0.5, 0.6) is 0 Å². The Bertz CT molecular complexity index is 528. The van der Waals surface area contributed by atoms with Crippen molar-refractivity contribution in [2.45, 2.75) is 38.6 Å². The highest BCUT2D eigenvalue weighted by Crippen LogP contribution is 2.46. The van der Waals surface area contributed by atoms with Gasteiger partial charge in [0.1, 0.15) is 0 Å². The lowest BCUT2D eigenvalue weighted by atomic mass is 9.67. The van der Waals surface area contributed by atoms with Gasteiger partial charge in [-0.15, -0.1) is 11.3 Å². The van der Waals surface area contributed by atoms with E-state index in [4.69, 9.17) is 0 Å². The molecular formula is C14H17NO2S. The Morgan fingerprint density at radius 2 is 1.83 bits per heavy atom. The predicted molar refractivity (Wildman–Crippen MR) is 73.6 cm³/mol. The Morgan fingerprint density at radius 3 is 2.39 bits per heavy atom. The predicted octanol–water partition coefficient (Wildman–Crippen LogP) is 2.52. The molecule has 4 heteroatoms. The second kappa shape index (κ2) is 4.05. The minimum absolute atomic E-state index is 0.0668. The van der Waals surface area contributed by atoms with Crippen molar-refractivity contribution >= 4 is 29.6 Å². The average Bonchev–Trinajstić information content (AvgIpc) is 2.77. The van der Waals surface area contributed by atoms with Crippen LogP contribution in [0, 0.1) is 0 Å². The van der Waals surface area contributed by atoms with E-state index in [1.165, 1.54) is 5.56 Å². The van der Waals surface area contributed by atoms with Crippen molar-refractivity contribution in [2.75, 3.05) is 0 Å². The maximum atomic E-state index is 11.0. The summed E-state index contributed by atoms with van der Waals surface area (Å²) in [6.07, 6.45) is 1.24. The molecule has 0 unspecified atom stereocenters. The van der Waals surface area contributed by atoms with Gasteiger partial charge in [0.2, 0.25) is 0 Å². The number of allylic oxidation sites excluding steroid dienone is 1. The molecule has 3 nitrogen and oxygen atoms in total. The summed E-state index contributed by atoms with van der Waals surface area (Å²) in [7, 11) is 0. The highest BCUT2D eigenvalue weighted by molar-refractivity contribution is 7.11. The van der Waals surface area contributed by atoms with E-state index < -0.39 is 0 Å². The average molecular weight is 263 g/mol. The molecule has 0 aromatic carbocycles. The van der Waals surface area contributed by atoms with Gasteiger partial charge in [-0.3, -0.25) is 9.59 Å². The summed E-state index contributed by atoms with van der Waals surface area (Å²) in [6.45, 7) is 8.51. The topological polar surface area (TPSA) is 46.2 Å². The zero-order chi connectivity index (χ0) is 13.6. The lowest BCUT2D eigenvalue weighted by Gasteiger charge is -2.48. The van der Waals surface area contributed by atoms with Crippen LogP contribution >= 0.6 is 11.3 Å². The number of hydrogen-bond donors (Lipinski definition) is 1. The van der Waals surface area contributed by atoms with Crippen LogP contribution in [0.1, 0.15) is 38.1 Å². The van der Waals surface area contributed by atoms with Crippen molar-refractivity contribution in [2.24, 2.45) is 0 Å². The maximum Gasteiger partial charge on any atom is 0.155 e. The number of carbonyl (C=O) groups is 2. The van der Waals surface area contributed by atoms with Crippen LogP contribution in [0.4, 0.5) is 0 Å². The Labute approximate surface area is 111 Å². The normalized spacial score (nSPS) is 19.7. The first-order valence-electron chi connectivity index (χ1n) is 5.86. The van der Waals surface area contributed by atoms with Gasteiger partial charge in [-0.05, 0) is 30.9 Å². The summed E-state index contributed by atoms with van der Waals surface area (Å²) in [5.41, 5.74) is 1.74. The summed E-state index contributed by atoms with van der Waals surface area (Å²) < 4.78 is 0. The standard InChI is InChI=1S/C14H17NO2S/c1-13(2)10-5-6-18-12(10)11(9(7-16)8-17)15-14(13,3)4/h5-8,15H,1-4H3. The first-order valence-corrected chi connectivity index (χ1v) is 6.74. The van der Waals surface area contributed by atoms with Crippen LogP contribution in [0.15, 0.2) is 17.0 Å². The molecule has 0 fully saturated rings. The molecule has 0 spiro atoms. The molecule has 96 valence electrons. The third kappa shape index (κ3) is 1.63. The van der Waals surface area contributed by atoms with Gasteiger partial charge in [0.05, 0.1) is 16.1 Å². The van der Waals surface area contributed by atoms with Gasteiger partial charge in [-0.25, -0.2) is 0 Å². The number of nitrogens with one attached hydrogen (secondary N) is 1. The number of aldehydes is 2. The van der Waals surface area contributed by atoms with E-state index in [-0.39, 0.29) is 16.5 Å². The third-order valence-electron chi connectivity index (χ3n) is 4.11. The summed E-state index contributed by atoms with van der Waals surface area (Å²) in [4.78, 5) is 23.0. The molecule has 0 atom stereocenters. The number of carbonyl (C=O) groups excluding carboxylic acids is 2. The SMILES string of the molecule is CC1(C)NC(=C(C=O)C=O)c2sccc2C1(C)C. The minimum atomic E-state index is -0.228. The van der Waals surface area contributed by atoms with E-state index in [1.54, 1.807) is 11.3 Å². The fourth-order valence-corrected chi connectivity index (χ4v) is 3.28. The fraction of sp³-hybridized carbons (Fsp3) is 0.429. The molecule has 0 bridgehead atoms. The van der Waals surface area contributed by atoms with E-state index in [0.29, 0.717) is 18.3 Å². The number of rotatable bonds is 2. The Morgan fingerprint density at radius 1 is 1.22 bits per heavy atom. The minimum Gasteiger partial charge on any atom is -0.377 e. The van der Waals surface area contributed by atoms with Crippen molar-refractivity contribution in [3.05, 3.63) is 27.5 Å². The lowest BCUT2D eigenvalue weighted by molar-refractivity contribution is -0.109. The molecular weight excluding hydrogens is 246 g/mol. The van der Waals surface area contributed by atoms with E-state index >= 15 is 0 Å². The smallest absolute Gasteiger partial charge is 0.155 e. The summed E-state index contributed by atoms with van der Waals surface area (Å²) >= 11 is 1.56. The van der Waals surface area contributed by atoms with Crippen LogP contribution < -0.4 is 5.32 Å². The zero-order valence-corrected chi connectivity index (χ0v) is 11.9. The van der Waals surface area contributed by atoms with E-state index in [2.05, 4.69) is 39.1 Å². The summed E-state index contributed by atoms with van der Waals surface area (Å²) in [5.74, 6) is 0. The van der Waals surface area contributed by atoms with E-state index in [1.807, 2.05) is 5.38 Å². The molecule has 1 aromatic heterocycles. The van der Waals surface area contributed by atoms with Gasteiger partial charge in [-0.2, -0.15) is 0 Å². The second-order valence-electron chi connectivity index (χ2n) is 5.60. The lowest BCUT2D eigenvalue weighted by Crippen LogP contribution is -2.56. The molecule has 18 heavy (non-hydrogen) atoms. The fourth-order valence-electron chi connectivity index (χ4n) is 2.21. The summed E-state index contributed by atoms with van der Waals surface area (Å²) in [5, 5.41) is 5.36. The highest BCUT2D eigenvalue weighted by Gasteiger charge is 2.45. The van der Waals surface area contributed by atoms with Crippen molar-refractivity contribution in [1.82, 2.24) is 5.32 Å². The van der Waals surface area contributed by atoms with Gasteiger partial charge in [0.15, 0.2) is 12.6 Å². The molecule has 0 saturated heterocycles. The molecule has 1 aliphatic heterocycles. The molecule has 2 heterocycles. The zero-order valence-electron chi connectivity index (χ0n) is 11.0. The van der Waals surface area contributed by atoms with Gasteiger partial charge in [0, 0.05) is 11.0 Å². The quantitative estimate of drug-likeness (QED) is 0.386. The first-order chi connectivity index (χ1) is 8.35. The second-order valence-corrected chi connectivity index (χ2v) is 6.52. The molecule has 2 rings (SSSR count).